The lowest BCUT2D eigenvalue weighted by molar-refractivity contribution is -0.151. The Morgan fingerprint density at radius 1 is 0.857 bits per heavy atom. The maximum absolute atomic E-state index is 13.4. The van der Waals surface area contributed by atoms with E-state index in [1.807, 2.05) is 0 Å². The van der Waals surface area contributed by atoms with Gasteiger partial charge in [0.2, 0.25) is 0 Å². The first-order valence-electron chi connectivity index (χ1n) is 3.53. The summed E-state index contributed by atoms with van der Waals surface area (Å²) in [6.45, 7) is 2.69. The highest BCUT2D eigenvalue weighted by molar-refractivity contribution is 6.58. The van der Waals surface area contributed by atoms with Crippen molar-refractivity contribution in [2.24, 2.45) is 0 Å². The molecule has 0 heterocycles. The summed E-state index contributed by atoms with van der Waals surface area (Å²) < 4.78 is 25.4. The zero-order chi connectivity index (χ0) is 11.4. The van der Waals surface area contributed by atoms with E-state index in [-0.39, 0.29) is 0 Å². The van der Waals surface area contributed by atoms with Crippen LogP contribution in [-0.4, -0.2) is 27.0 Å². The van der Waals surface area contributed by atoms with E-state index < -0.39 is 27.0 Å². The van der Waals surface area contributed by atoms with Crippen LogP contribution in [0.2, 0.25) is 0 Å². The van der Waals surface area contributed by atoms with Crippen LogP contribution in [0.4, 0.5) is 4.11 Å². The first-order chi connectivity index (χ1) is 6.25. The zero-order valence-electron chi connectivity index (χ0n) is 7.83. The zero-order valence-corrected chi connectivity index (χ0v) is 8.83. The fourth-order valence-corrected chi connectivity index (χ4v) is 1.73. The van der Waals surface area contributed by atoms with E-state index in [1.165, 1.54) is 0 Å². The normalized spacial score (nSPS) is 10.3. The predicted octanol–water partition coefficient (Wildman–Crippen LogP) is 0.0808. The summed E-state index contributed by atoms with van der Waals surface area (Å²) in [6.07, 6.45) is 0. The fraction of sp³-hybridized carbons (Fsp3) is 0.500. The van der Waals surface area contributed by atoms with Crippen molar-refractivity contribution in [3.8, 4) is 0 Å². The monoisotopic (exact) mass is 224 g/mol. The molecule has 0 aromatic heterocycles. The molecule has 14 heavy (non-hydrogen) atoms. The van der Waals surface area contributed by atoms with Gasteiger partial charge in [0, 0.05) is 20.8 Å². The molecular weight excluding hydrogens is 215 g/mol. The summed E-state index contributed by atoms with van der Waals surface area (Å²) in [5, 5.41) is 0. The molecule has 0 saturated carbocycles. The van der Waals surface area contributed by atoms with Crippen molar-refractivity contribution in [1.29, 1.82) is 0 Å². The highest BCUT2D eigenvalue weighted by atomic mass is 28.4. The van der Waals surface area contributed by atoms with Crippen LogP contribution >= 0.6 is 0 Å². The van der Waals surface area contributed by atoms with E-state index in [1.54, 1.807) is 0 Å². The van der Waals surface area contributed by atoms with Gasteiger partial charge in [-0.25, -0.2) is 0 Å². The second-order valence-electron chi connectivity index (χ2n) is 2.26. The third-order valence-electron chi connectivity index (χ3n) is 0.797. The molecule has 6 nitrogen and oxygen atoms in total. The van der Waals surface area contributed by atoms with E-state index in [0.29, 0.717) is 0 Å². The van der Waals surface area contributed by atoms with Crippen molar-refractivity contribution in [3.63, 3.8) is 0 Å². The molecule has 0 aromatic rings. The summed E-state index contributed by atoms with van der Waals surface area (Å²) in [5.74, 6) is -3.12. The van der Waals surface area contributed by atoms with Gasteiger partial charge in [0.05, 0.1) is 0 Å². The van der Waals surface area contributed by atoms with Crippen molar-refractivity contribution >= 4 is 27.0 Å². The SMILES string of the molecule is CC(=O)O[Si](F)(OC(C)=O)OC(C)=O. The smallest absolute Gasteiger partial charge is 0.430 e. The van der Waals surface area contributed by atoms with Crippen LogP contribution < -0.4 is 0 Å². The second kappa shape index (κ2) is 4.70. The molecule has 0 aliphatic rings. The Bertz CT molecular complexity index is 224. The topological polar surface area (TPSA) is 78.9 Å². The van der Waals surface area contributed by atoms with Crippen molar-refractivity contribution in [3.05, 3.63) is 0 Å². The van der Waals surface area contributed by atoms with Gasteiger partial charge in [0.15, 0.2) is 0 Å². The van der Waals surface area contributed by atoms with Crippen LogP contribution in [0, 0.1) is 0 Å². The van der Waals surface area contributed by atoms with E-state index in [9.17, 15) is 18.5 Å². The first kappa shape index (κ1) is 12.6. The highest BCUT2D eigenvalue weighted by Crippen LogP contribution is 2.12. The fourth-order valence-electron chi connectivity index (χ4n) is 0.578. The molecule has 0 rings (SSSR count). The van der Waals surface area contributed by atoms with Gasteiger partial charge in [-0.15, -0.1) is 0 Å². The molecule has 0 aromatic carbocycles. The number of rotatable bonds is 3. The predicted molar refractivity (Wildman–Crippen MR) is 42.2 cm³/mol. The largest absolute Gasteiger partial charge is 0.942 e. The number of hydrogen-bond donors (Lipinski definition) is 0. The molecular formula is C6H9FO6Si. The van der Waals surface area contributed by atoms with Crippen molar-refractivity contribution in [2.75, 3.05) is 0 Å². The van der Waals surface area contributed by atoms with Gasteiger partial charge in [-0.1, -0.05) is 0 Å². The minimum absolute atomic E-state index is 0.897. The summed E-state index contributed by atoms with van der Waals surface area (Å²) in [4.78, 5) is 31.2. The van der Waals surface area contributed by atoms with Gasteiger partial charge in [0.25, 0.3) is 17.9 Å². The minimum atomic E-state index is -4.99. The van der Waals surface area contributed by atoms with E-state index in [0.717, 1.165) is 20.8 Å². The molecule has 0 radical (unpaired) electrons. The molecule has 0 saturated heterocycles. The van der Waals surface area contributed by atoms with Crippen molar-refractivity contribution in [1.82, 2.24) is 0 Å². The molecule has 0 unspecified atom stereocenters. The van der Waals surface area contributed by atoms with Crippen LogP contribution in [0.5, 0.6) is 0 Å². The lowest BCUT2D eigenvalue weighted by atomic mass is 10.9. The molecule has 8 heteroatoms. The Labute approximate surface area is 80.5 Å². The van der Waals surface area contributed by atoms with Gasteiger partial charge in [0.1, 0.15) is 0 Å². The van der Waals surface area contributed by atoms with E-state index in [4.69, 9.17) is 0 Å². The highest BCUT2D eigenvalue weighted by Gasteiger charge is 2.56. The second-order valence-corrected chi connectivity index (χ2v) is 3.84. The van der Waals surface area contributed by atoms with Gasteiger partial charge >= 0.3 is 9.14 Å². The molecule has 0 aliphatic heterocycles. The quantitative estimate of drug-likeness (QED) is 0.499. The third-order valence-corrected chi connectivity index (χ3v) is 2.39. The Balaban J connectivity index is 4.56. The number of carbonyl (C=O) groups is 3. The molecule has 0 aliphatic carbocycles. The minimum Gasteiger partial charge on any atom is -0.430 e. The Kier molecular flexibility index (Phi) is 4.21. The summed E-state index contributed by atoms with van der Waals surface area (Å²) >= 11 is 0. The number of hydrogen-bond acceptors (Lipinski definition) is 6. The van der Waals surface area contributed by atoms with Crippen LogP contribution in [0.3, 0.4) is 0 Å². The number of halogens is 1. The molecule has 0 amide bonds. The van der Waals surface area contributed by atoms with Crippen LogP contribution in [0.25, 0.3) is 0 Å². The summed E-state index contributed by atoms with van der Waals surface area (Å²) in [5.41, 5.74) is 0. The standard InChI is InChI=1S/C6H9FO6Si/c1-4(8)11-14(7,12-5(2)9)13-6(3)10/h1-3H3. The Morgan fingerprint density at radius 2 is 1.07 bits per heavy atom. The number of carbonyl (C=O) groups excluding carboxylic acids is 3. The van der Waals surface area contributed by atoms with Gasteiger partial charge in [-0.2, -0.15) is 4.11 Å². The van der Waals surface area contributed by atoms with E-state index in [2.05, 4.69) is 13.3 Å². The van der Waals surface area contributed by atoms with E-state index >= 15 is 0 Å². The van der Waals surface area contributed by atoms with Gasteiger partial charge in [-0.05, 0) is 0 Å². The molecule has 0 fully saturated rings. The Hall–Kier alpha value is -1.44. The van der Waals surface area contributed by atoms with Crippen molar-refractivity contribution in [2.45, 2.75) is 20.8 Å². The average Bonchev–Trinajstić information content (AvgIpc) is 1.76. The Morgan fingerprint density at radius 3 is 1.21 bits per heavy atom. The average molecular weight is 224 g/mol. The molecule has 0 atom stereocenters. The van der Waals surface area contributed by atoms with Crippen LogP contribution in [0.15, 0.2) is 0 Å². The molecule has 0 bridgehead atoms. The summed E-state index contributed by atoms with van der Waals surface area (Å²) in [6, 6.07) is 0. The van der Waals surface area contributed by atoms with Gasteiger partial charge < -0.3 is 13.3 Å². The molecule has 80 valence electrons. The maximum atomic E-state index is 13.4. The van der Waals surface area contributed by atoms with Crippen molar-refractivity contribution < 1.29 is 31.8 Å². The first-order valence-corrected chi connectivity index (χ1v) is 5.13. The molecule has 0 N–H and O–H groups in total. The van der Waals surface area contributed by atoms with Gasteiger partial charge in [-0.3, -0.25) is 14.4 Å². The summed E-state index contributed by atoms with van der Waals surface area (Å²) in [7, 11) is -4.99. The molecule has 0 spiro atoms. The lowest BCUT2D eigenvalue weighted by Gasteiger charge is -2.16. The third kappa shape index (κ3) is 5.25. The lowest BCUT2D eigenvalue weighted by Crippen LogP contribution is -2.45. The van der Waals surface area contributed by atoms with Crippen LogP contribution in [0.1, 0.15) is 20.8 Å². The van der Waals surface area contributed by atoms with Crippen LogP contribution in [-0.2, 0) is 27.7 Å². The maximum Gasteiger partial charge on any atom is 0.942 e.